The average molecular weight is 384 g/mol. The third-order valence-electron chi connectivity index (χ3n) is 2.66. The smallest absolute Gasteiger partial charge is 0.433 e. The van der Waals surface area contributed by atoms with Gasteiger partial charge in [0, 0.05) is 11.2 Å². The Kier molecular flexibility index (Phi) is 6.55. The van der Waals surface area contributed by atoms with E-state index in [4.69, 9.17) is 32.4 Å². The van der Waals surface area contributed by atoms with Crippen molar-refractivity contribution >= 4 is 47.3 Å². The van der Waals surface area contributed by atoms with E-state index in [0.29, 0.717) is 15.8 Å². The van der Waals surface area contributed by atoms with Crippen LogP contribution in [-0.2, 0) is 4.79 Å². The molecule has 130 valence electrons. The number of carbonyl (C=O) groups is 1. The van der Waals surface area contributed by atoms with Gasteiger partial charge in [-0.15, -0.1) is 0 Å². The average Bonchev–Trinajstić information content (AvgIpc) is 3.03. The number of hydrogen-bond donors (Lipinski definition) is 1. The molecule has 1 aromatic carbocycles. The number of carbonyl (C=O) groups excluding carboxylic acids is 1. The normalized spacial score (nSPS) is 11.1. The van der Waals surface area contributed by atoms with Crippen molar-refractivity contribution in [3.05, 3.63) is 62.3 Å². The first-order valence-corrected chi connectivity index (χ1v) is 7.52. The number of nitrogens with zero attached hydrogens (tertiary/aromatic N) is 2. The zero-order valence-electron chi connectivity index (χ0n) is 12.5. The lowest BCUT2D eigenvalue weighted by Gasteiger charge is -2.06. The van der Waals surface area contributed by atoms with Gasteiger partial charge in [0.15, 0.2) is 6.61 Å². The number of benzene rings is 1. The highest BCUT2D eigenvalue weighted by Crippen LogP contribution is 2.27. The Morgan fingerprint density at radius 1 is 1.36 bits per heavy atom. The van der Waals surface area contributed by atoms with E-state index in [-0.39, 0.29) is 18.3 Å². The van der Waals surface area contributed by atoms with E-state index in [1.54, 1.807) is 12.1 Å². The first-order valence-electron chi connectivity index (χ1n) is 6.76. The zero-order chi connectivity index (χ0) is 18.2. The number of hydrogen-bond acceptors (Lipinski definition) is 6. The Balaban J connectivity index is 1.76. The number of furan rings is 1. The number of nitro groups is 1. The van der Waals surface area contributed by atoms with Crippen LogP contribution in [-0.4, -0.2) is 23.7 Å². The largest absolute Gasteiger partial charge is 0.482 e. The van der Waals surface area contributed by atoms with Crippen LogP contribution in [0.1, 0.15) is 5.76 Å². The third kappa shape index (κ3) is 5.94. The van der Waals surface area contributed by atoms with Gasteiger partial charge in [0.25, 0.3) is 5.91 Å². The predicted octanol–water partition coefficient (Wildman–Crippen LogP) is 3.69. The molecule has 10 heteroatoms. The number of allylic oxidation sites excluding steroid dienone is 1. The summed E-state index contributed by atoms with van der Waals surface area (Å²) in [7, 11) is 0. The molecular weight excluding hydrogens is 373 g/mol. The van der Waals surface area contributed by atoms with Crippen LogP contribution < -0.4 is 10.2 Å². The maximum Gasteiger partial charge on any atom is 0.433 e. The van der Waals surface area contributed by atoms with Gasteiger partial charge in [0.1, 0.15) is 16.4 Å². The van der Waals surface area contributed by atoms with Gasteiger partial charge in [-0.3, -0.25) is 14.9 Å². The van der Waals surface area contributed by atoms with Crippen LogP contribution in [0.25, 0.3) is 6.08 Å². The summed E-state index contributed by atoms with van der Waals surface area (Å²) in [6.45, 7) is -0.285. The Hall–Kier alpha value is -2.84. The standard InChI is InChI=1S/C15H11Cl2N3O5/c16-10-3-5-13(12(17)8-10)24-9-14(21)19-18-7-1-2-11-4-6-15(25-11)20(22)23/h1-8H,9H2,(H,19,21)/b2-1+,18-7-. The summed E-state index contributed by atoms with van der Waals surface area (Å²) in [5, 5.41) is 14.9. The van der Waals surface area contributed by atoms with Crippen LogP contribution in [0.2, 0.25) is 10.0 Å². The maximum atomic E-state index is 11.6. The Morgan fingerprint density at radius 3 is 2.84 bits per heavy atom. The van der Waals surface area contributed by atoms with Gasteiger partial charge in [-0.25, -0.2) is 5.43 Å². The Labute approximate surface area is 151 Å². The van der Waals surface area contributed by atoms with Crippen molar-refractivity contribution in [2.24, 2.45) is 5.10 Å². The second-order valence-electron chi connectivity index (χ2n) is 4.47. The molecule has 0 fully saturated rings. The molecule has 1 heterocycles. The summed E-state index contributed by atoms with van der Waals surface area (Å²) in [5.41, 5.74) is 2.24. The number of nitrogens with one attached hydrogen (secondary N) is 1. The van der Waals surface area contributed by atoms with Crippen LogP contribution in [0.4, 0.5) is 5.88 Å². The van der Waals surface area contributed by atoms with Crippen molar-refractivity contribution in [2.75, 3.05) is 6.61 Å². The fourth-order valence-electron chi connectivity index (χ4n) is 1.59. The van der Waals surface area contributed by atoms with Crippen molar-refractivity contribution < 1.29 is 18.9 Å². The highest BCUT2D eigenvalue weighted by atomic mass is 35.5. The molecule has 0 aliphatic carbocycles. The number of hydrazone groups is 1. The van der Waals surface area contributed by atoms with Gasteiger partial charge >= 0.3 is 5.88 Å². The summed E-state index contributed by atoms with van der Waals surface area (Å²) in [6, 6.07) is 7.30. The molecule has 0 saturated heterocycles. The van der Waals surface area contributed by atoms with Crippen molar-refractivity contribution in [2.45, 2.75) is 0 Å². The lowest BCUT2D eigenvalue weighted by atomic mass is 10.3. The van der Waals surface area contributed by atoms with E-state index in [2.05, 4.69) is 10.5 Å². The van der Waals surface area contributed by atoms with E-state index in [0.717, 1.165) is 0 Å². The van der Waals surface area contributed by atoms with E-state index in [1.807, 2.05) is 0 Å². The summed E-state index contributed by atoms with van der Waals surface area (Å²) in [5.74, 6) is -0.248. The highest BCUT2D eigenvalue weighted by molar-refractivity contribution is 6.35. The highest BCUT2D eigenvalue weighted by Gasteiger charge is 2.09. The Morgan fingerprint density at radius 2 is 2.16 bits per heavy atom. The second-order valence-corrected chi connectivity index (χ2v) is 5.31. The van der Waals surface area contributed by atoms with E-state index >= 15 is 0 Å². The SMILES string of the molecule is O=C(COc1ccc(Cl)cc1Cl)N/N=C\C=C\c1ccc([N+](=O)[O-])o1. The summed E-state index contributed by atoms with van der Waals surface area (Å²) >= 11 is 11.7. The maximum absolute atomic E-state index is 11.6. The molecule has 2 aromatic rings. The number of ether oxygens (including phenoxy) is 1. The molecule has 0 bridgehead atoms. The van der Waals surface area contributed by atoms with Crippen LogP contribution >= 0.6 is 23.2 Å². The molecule has 25 heavy (non-hydrogen) atoms. The van der Waals surface area contributed by atoms with Crippen LogP contribution in [0, 0.1) is 10.1 Å². The monoisotopic (exact) mass is 383 g/mol. The number of rotatable bonds is 7. The van der Waals surface area contributed by atoms with Gasteiger partial charge in [-0.1, -0.05) is 23.2 Å². The van der Waals surface area contributed by atoms with E-state index in [1.165, 1.54) is 36.6 Å². The molecule has 0 spiro atoms. The quantitative estimate of drug-likeness (QED) is 0.445. The van der Waals surface area contributed by atoms with Crippen LogP contribution in [0.5, 0.6) is 5.75 Å². The van der Waals surface area contributed by atoms with Crippen molar-refractivity contribution in [1.82, 2.24) is 5.43 Å². The molecular formula is C15H11Cl2N3O5. The molecule has 0 aliphatic rings. The summed E-state index contributed by atoms with van der Waals surface area (Å²) in [4.78, 5) is 21.4. The zero-order valence-corrected chi connectivity index (χ0v) is 14.0. The molecule has 0 radical (unpaired) electrons. The minimum Gasteiger partial charge on any atom is -0.482 e. The van der Waals surface area contributed by atoms with E-state index in [9.17, 15) is 14.9 Å². The van der Waals surface area contributed by atoms with Crippen molar-refractivity contribution in [3.63, 3.8) is 0 Å². The van der Waals surface area contributed by atoms with Gasteiger partial charge in [-0.05, 0) is 36.4 Å². The number of amides is 1. The van der Waals surface area contributed by atoms with Crippen LogP contribution in [0.3, 0.4) is 0 Å². The molecule has 2 rings (SSSR count). The van der Waals surface area contributed by atoms with Crippen molar-refractivity contribution in [1.29, 1.82) is 0 Å². The lowest BCUT2D eigenvalue weighted by Crippen LogP contribution is -2.24. The number of halogens is 2. The van der Waals surface area contributed by atoms with Gasteiger partial charge in [0.05, 0.1) is 11.1 Å². The second kappa shape index (κ2) is 8.86. The first kappa shape index (κ1) is 18.5. The fraction of sp³-hybridized carbons (Fsp3) is 0.0667. The molecule has 0 unspecified atom stereocenters. The fourth-order valence-corrected chi connectivity index (χ4v) is 2.05. The molecule has 0 saturated carbocycles. The van der Waals surface area contributed by atoms with Gasteiger partial charge in [0.2, 0.25) is 0 Å². The Bertz CT molecular complexity index is 832. The topological polar surface area (TPSA) is 107 Å². The van der Waals surface area contributed by atoms with Gasteiger partial charge < -0.3 is 9.15 Å². The molecule has 1 aromatic heterocycles. The van der Waals surface area contributed by atoms with Crippen LogP contribution in [0.15, 0.2) is 45.9 Å². The minimum atomic E-state index is -0.640. The first-order chi connectivity index (χ1) is 12.0. The predicted molar refractivity (Wildman–Crippen MR) is 93.0 cm³/mol. The molecule has 1 N–H and O–H groups in total. The van der Waals surface area contributed by atoms with E-state index < -0.39 is 10.8 Å². The summed E-state index contributed by atoms with van der Waals surface area (Å²) in [6.07, 6.45) is 4.17. The van der Waals surface area contributed by atoms with Crippen molar-refractivity contribution in [3.8, 4) is 5.75 Å². The lowest BCUT2D eigenvalue weighted by molar-refractivity contribution is -0.402. The van der Waals surface area contributed by atoms with Gasteiger partial charge in [-0.2, -0.15) is 5.10 Å². The molecule has 8 nitrogen and oxygen atoms in total. The molecule has 0 aliphatic heterocycles. The molecule has 0 atom stereocenters. The summed E-state index contributed by atoms with van der Waals surface area (Å²) < 4.78 is 10.1. The molecule has 1 amide bonds. The third-order valence-corrected chi connectivity index (χ3v) is 3.19. The minimum absolute atomic E-state index is 0.283.